The van der Waals surface area contributed by atoms with Gasteiger partial charge in [0.25, 0.3) is 15.9 Å². The standard InChI is InChI=1S/C17H13ClN2O6S/c1-26-17(23)10-6-7-12(18)13(8-10)19-15(21)9-20-16(22)11-4-2-3-5-14(11)27(20,24)25/h2-8H,9H2,1H3,(H,19,21). The predicted octanol–water partition coefficient (Wildman–Crippen LogP) is 1.91. The highest BCUT2D eigenvalue weighted by molar-refractivity contribution is 7.90. The Bertz CT molecular complexity index is 1070. The Morgan fingerprint density at radius 1 is 1.19 bits per heavy atom. The average Bonchev–Trinajstić information content (AvgIpc) is 2.84. The van der Waals surface area contributed by atoms with Crippen LogP contribution in [0.25, 0.3) is 0 Å². The third kappa shape index (κ3) is 3.38. The first-order valence-electron chi connectivity index (χ1n) is 7.59. The van der Waals surface area contributed by atoms with Crippen LogP contribution >= 0.6 is 11.6 Å². The maximum atomic E-state index is 12.5. The smallest absolute Gasteiger partial charge is 0.337 e. The second-order valence-electron chi connectivity index (χ2n) is 5.55. The van der Waals surface area contributed by atoms with E-state index in [0.29, 0.717) is 4.31 Å². The van der Waals surface area contributed by atoms with E-state index in [4.69, 9.17) is 11.6 Å². The van der Waals surface area contributed by atoms with E-state index in [1.165, 1.54) is 49.6 Å². The van der Waals surface area contributed by atoms with E-state index >= 15 is 0 Å². The van der Waals surface area contributed by atoms with Crippen LogP contribution in [0.15, 0.2) is 47.4 Å². The van der Waals surface area contributed by atoms with E-state index in [0.717, 1.165) is 0 Å². The fraction of sp³-hybridized carbons (Fsp3) is 0.118. The molecule has 0 bridgehead atoms. The summed E-state index contributed by atoms with van der Waals surface area (Å²) in [5.41, 5.74) is 0.247. The SMILES string of the molecule is COC(=O)c1ccc(Cl)c(NC(=O)CN2C(=O)c3ccccc3S2(=O)=O)c1. The molecule has 0 fully saturated rings. The number of halogens is 1. The normalized spacial score (nSPS) is 14.6. The number of fused-ring (bicyclic) bond motifs is 1. The number of esters is 1. The molecule has 0 saturated carbocycles. The quantitative estimate of drug-likeness (QED) is 0.774. The lowest BCUT2D eigenvalue weighted by atomic mass is 10.2. The minimum atomic E-state index is -4.10. The molecule has 0 aliphatic carbocycles. The van der Waals surface area contributed by atoms with Crippen molar-refractivity contribution in [3.8, 4) is 0 Å². The van der Waals surface area contributed by atoms with E-state index in [-0.39, 0.29) is 26.7 Å². The second kappa shape index (κ2) is 7.01. The third-order valence-corrected chi connectivity index (χ3v) is 5.98. The number of nitrogens with zero attached hydrogens (tertiary/aromatic N) is 1. The van der Waals surface area contributed by atoms with Crippen molar-refractivity contribution in [2.75, 3.05) is 19.0 Å². The molecule has 2 aromatic rings. The highest BCUT2D eigenvalue weighted by Crippen LogP contribution is 2.30. The van der Waals surface area contributed by atoms with Gasteiger partial charge in [0.2, 0.25) is 5.91 Å². The average molecular weight is 409 g/mol. The van der Waals surface area contributed by atoms with E-state index in [9.17, 15) is 22.8 Å². The molecule has 0 unspecified atom stereocenters. The molecule has 27 heavy (non-hydrogen) atoms. The summed E-state index contributed by atoms with van der Waals surface area (Å²) in [6.45, 7) is -0.728. The van der Waals surface area contributed by atoms with Gasteiger partial charge in [-0.3, -0.25) is 9.59 Å². The molecule has 1 N–H and O–H groups in total. The first-order valence-corrected chi connectivity index (χ1v) is 9.41. The highest BCUT2D eigenvalue weighted by Gasteiger charge is 2.41. The number of amides is 2. The number of hydrogen-bond donors (Lipinski definition) is 1. The summed E-state index contributed by atoms with van der Waals surface area (Å²) in [7, 11) is -2.90. The van der Waals surface area contributed by atoms with Crippen LogP contribution < -0.4 is 5.32 Å². The number of ether oxygens (including phenoxy) is 1. The second-order valence-corrected chi connectivity index (χ2v) is 7.79. The predicted molar refractivity (Wildman–Crippen MR) is 96.1 cm³/mol. The molecule has 2 amide bonds. The van der Waals surface area contributed by atoms with Gasteiger partial charge in [-0.25, -0.2) is 17.5 Å². The minimum absolute atomic E-state index is 0.0102. The molecule has 1 heterocycles. The van der Waals surface area contributed by atoms with Crippen LogP contribution in [0, 0.1) is 0 Å². The number of carbonyl (C=O) groups excluding carboxylic acids is 3. The van der Waals surface area contributed by atoms with Gasteiger partial charge in [-0.2, -0.15) is 0 Å². The van der Waals surface area contributed by atoms with Crippen LogP contribution in [0.4, 0.5) is 5.69 Å². The zero-order valence-corrected chi connectivity index (χ0v) is 15.5. The Hall–Kier alpha value is -2.91. The molecule has 0 saturated heterocycles. The Morgan fingerprint density at radius 2 is 1.89 bits per heavy atom. The number of carbonyl (C=O) groups is 3. The molecule has 0 atom stereocenters. The number of nitrogens with one attached hydrogen (secondary N) is 1. The number of rotatable bonds is 4. The van der Waals surface area contributed by atoms with Crippen molar-refractivity contribution in [2.45, 2.75) is 4.90 Å². The molecule has 0 spiro atoms. The summed E-state index contributed by atoms with van der Waals surface area (Å²) in [6, 6.07) is 9.80. The summed E-state index contributed by atoms with van der Waals surface area (Å²) in [5, 5.41) is 2.54. The number of anilines is 1. The topological polar surface area (TPSA) is 110 Å². The molecule has 0 aromatic heterocycles. The number of hydrogen-bond acceptors (Lipinski definition) is 6. The monoisotopic (exact) mass is 408 g/mol. The van der Waals surface area contributed by atoms with Crippen LogP contribution in [0.5, 0.6) is 0 Å². The first kappa shape index (κ1) is 18.9. The van der Waals surface area contributed by atoms with Gasteiger partial charge in [0, 0.05) is 0 Å². The Labute approximate surface area is 159 Å². The molecule has 8 nitrogen and oxygen atoms in total. The molecule has 2 aromatic carbocycles. The molecule has 3 rings (SSSR count). The lowest BCUT2D eigenvalue weighted by Gasteiger charge is -2.15. The summed E-state index contributed by atoms with van der Waals surface area (Å²) < 4.78 is 30.0. The molecule has 1 aliphatic rings. The van der Waals surface area contributed by atoms with Crippen LogP contribution in [0.2, 0.25) is 5.02 Å². The van der Waals surface area contributed by atoms with Crippen LogP contribution in [0.1, 0.15) is 20.7 Å². The van der Waals surface area contributed by atoms with Crippen molar-refractivity contribution >= 4 is 45.1 Å². The molecular weight excluding hydrogens is 396 g/mol. The van der Waals surface area contributed by atoms with E-state index in [2.05, 4.69) is 10.1 Å². The maximum absolute atomic E-state index is 12.5. The summed E-state index contributed by atoms with van der Waals surface area (Å²) in [4.78, 5) is 36.1. The van der Waals surface area contributed by atoms with Crippen molar-refractivity contribution in [3.63, 3.8) is 0 Å². The van der Waals surface area contributed by atoms with Crippen molar-refractivity contribution in [2.24, 2.45) is 0 Å². The van der Waals surface area contributed by atoms with Crippen molar-refractivity contribution < 1.29 is 27.5 Å². The van der Waals surface area contributed by atoms with Gasteiger partial charge in [0.15, 0.2) is 0 Å². The first-order chi connectivity index (χ1) is 12.8. The minimum Gasteiger partial charge on any atom is -0.465 e. The number of benzene rings is 2. The molecule has 10 heteroatoms. The van der Waals surface area contributed by atoms with Crippen molar-refractivity contribution in [3.05, 3.63) is 58.6 Å². The van der Waals surface area contributed by atoms with Gasteiger partial charge in [-0.1, -0.05) is 23.7 Å². The fourth-order valence-corrected chi connectivity index (χ4v) is 4.26. The van der Waals surface area contributed by atoms with Crippen molar-refractivity contribution in [1.82, 2.24) is 4.31 Å². The largest absolute Gasteiger partial charge is 0.465 e. The highest BCUT2D eigenvalue weighted by atomic mass is 35.5. The van der Waals surface area contributed by atoms with Gasteiger partial charge in [0.05, 0.1) is 28.9 Å². The van der Waals surface area contributed by atoms with Crippen molar-refractivity contribution in [1.29, 1.82) is 0 Å². The zero-order chi connectivity index (χ0) is 19.8. The lowest BCUT2D eigenvalue weighted by molar-refractivity contribution is -0.116. The molecule has 0 radical (unpaired) electrons. The van der Waals surface area contributed by atoms with E-state index in [1.54, 1.807) is 0 Å². The van der Waals surface area contributed by atoms with Crippen LogP contribution in [-0.2, 0) is 19.6 Å². The van der Waals surface area contributed by atoms with E-state index < -0.39 is 34.4 Å². The van der Waals surface area contributed by atoms with Gasteiger partial charge in [0.1, 0.15) is 11.4 Å². The molecule has 1 aliphatic heterocycles. The van der Waals surface area contributed by atoms with Crippen LogP contribution in [-0.4, -0.2) is 44.2 Å². The third-order valence-electron chi connectivity index (χ3n) is 3.86. The van der Waals surface area contributed by atoms with Gasteiger partial charge in [-0.15, -0.1) is 0 Å². The Kier molecular flexibility index (Phi) is 4.90. The Balaban J connectivity index is 1.82. The number of methoxy groups -OCH3 is 1. The zero-order valence-electron chi connectivity index (χ0n) is 13.9. The number of sulfonamides is 1. The van der Waals surface area contributed by atoms with E-state index in [1.807, 2.05) is 0 Å². The van der Waals surface area contributed by atoms with Gasteiger partial charge >= 0.3 is 5.97 Å². The Morgan fingerprint density at radius 3 is 2.56 bits per heavy atom. The molecule has 140 valence electrons. The summed E-state index contributed by atoms with van der Waals surface area (Å²) in [6.07, 6.45) is 0. The lowest BCUT2D eigenvalue weighted by Crippen LogP contribution is -2.37. The maximum Gasteiger partial charge on any atom is 0.337 e. The van der Waals surface area contributed by atoms with Crippen LogP contribution in [0.3, 0.4) is 0 Å². The molecular formula is C17H13ClN2O6S. The van der Waals surface area contributed by atoms with Gasteiger partial charge in [-0.05, 0) is 30.3 Å². The fourth-order valence-electron chi connectivity index (χ4n) is 2.57. The van der Waals surface area contributed by atoms with Gasteiger partial charge < -0.3 is 10.1 Å². The summed E-state index contributed by atoms with van der Waals surface area (Å²) in [5.74, 6) is -2.20. The summed E-state index contributed by atoms with van der Waals surface area (Å²) >= 11 is 6.00.